The highest BCUT2D eigenvalue weighted by Crippen LogP contribution is 2.44. The Bertz CT molecular complexity index is 947. The van der Waals surface area contributed by atoms with Crippen molar-refractivity contribution >= 4 is 5.91 Å². The van der Waals surface area contributed by atoms with Gasteiger partial charge in [0.05, 0.1) is 17.4 Å². The van der Waals surface area contributed by atoms with Gasteiger partial charge in [0.15, 0.2) is 0 Å². The van der Waals surface area contributed by atoms with Gasteiger partial charge in [0, 0.05) is 24.2 Å². The Balaban J connectivity index is 1.47. The summed E-state index contributed by atoms with van der Waals surface area (Å²) in [5, 5.41) is 11.6. The van der Waals surface area contributed by atoms with Gasteiger partial charge >= 0.3 is 0 Å². The van der Waals surface area contributed by atoms with E-state index >= 15 is 0 Å². The van der Waals surface area contributed by atoms with E-state index in [1.807, 2.05) is 35.4 Å². The van der Waals surface area contributed by atoms with Crippen molar-refractivity contribution in [3.63, 3.8) is 0 Å². The predicted molar refractivity (Wildman–Crippen MR) is 95.1 cm³/mol. The van der Waals surface area contributed by atoms with Crippen molar-refractivity contribution in [2.75, 3.05) is 13.1 Å². The van der Waals surface area contributed by atoms with Gasteiger partial charge in [-0.05, 0) is 43.4 Å². The first kappa shape index (κ1) is 15.3. The molecule has 1 aromatic carbocycles. The lowest BCUT2D eigenvalue weighted by atomic mass is 9.77. The molecule has 7 heteroatoms. The summed E-state index contributed by atoms with van der Waals surface area (Å²) in [5.74, 6) is 0.0585. The van der Waals surface area contributed by atoms with Gasteiger partial charge in [0.2, 0.25) is 0 Å². The molecule has 1 fully saturated rings. The van der Waals surface area contributed by atoms with Gasteiger partial charge in [-0.2, -0.15) is 10.2 Å². The maximum Gasteiger partial charge on any atom is 0.256 e. The Labute approximate surface area is 151 Å². The largest absolute Gasteiger partial charge is 0.338 e. The number of carbonyl (C=O) groups is 1. The summed E-state index contributed by atoms with van der Waals surface area (Å²) in [6.07, 6.45) is 9.29. The quantitative estimate of drug-likeness (QED) is 0.769. The van der Waals surface area contributed by atoms with Gasteiger partial charge in [0.25, 0.3) is 5.91 Å². The average Bonchev–Trinajstić information content (AvgIpc) is 3.42. The van der Waals surface area contributed by atoms with E-state index in [1.165, 1.54) is 17.6 Å². The summed E-state index contributed by atoms with van der Waals surface area (Å²) < 4.78 is 1.65. The molecule has 1 saturated heterocycles. The molecule has 5 rings (SSSR count). The molecule has 3 aromatic rings. The van der Waals surface area contributed by atoms with Gasteiger partial charge in [-0.3, -0.25) is 9.89 Å². The fourth-order valence-electron chi connectivity index (χ4n) is 4.53. The van der Waals surface area contributed by atoms with Crippen LogP contribution in [0.25, 0.3) is 5.69 Å². The normalized spacial score (nSPS) is 21.9. The van der Waals surface area contributed by atoms with E-state index in [2.05, 4.69) is 20.3 Å². The molecule has 1 aliphatic carbocycles. The van der Waals surface area contributed by atoms with E-state index in [4.69, 9.17) is 0 Å². The fraction of sp³-hybridized carbons (Fsp3) is 0.368. The lowest BCUT2D eigenvalue weighted by Crippen LogP contribution is -2.48. The van der Waals surface area contributed by atoms with Gasteiger partial charge < -0.3 is 4.90 Å². The van der Waals surface area contributed by atoms with Gasteiger partial charge in [-0.15, -0.1) is 0 Å². The monoisotopic (exact) mass is 348 g/mol. The highest BCUT2D eigenvalue weighted by atomic mass is 16.2. The van der Waals surface area contributed by atoms with Crippen molar-refractivity contribution in [1.82, 2.24) is 29.9 Å². The van der Waals surface area contributed by atoms with Crippen molar-refractivity contribution in [3.05, 3.63) is 59.9 Å². The van der Waals surface area contributed by atoms with Crippen molar-refractivity contribution in [2.24, 2.45) is 0 Å². The minimum Gasteiger partial charge on any atom is -0.338 e. The number of carbonyl (C=O) groups excluding carboxylic acids is 1. The summed E-state index contributed by atoms with van der Waals surface area (Å²) in [6.45, 7) is 1.53. The Morgan fingerprint density at radius 1 is 1.23 bits per heavy atom. The summed E-state index contributed by atoms with van der Waals surface area (Å²) in [6, 6.07) is 7.59. The minimum absolute atomic E-state index is 0.0297. The number of fused-ring (bicyclic) bond motifs is 2. The molecule has 2 aliphatic rings. The first-order chi connectivity index (χ1) is 12.8. The lowest BCUT2D eigenvalue weighted by molar-refractivity contribution is 0.0632. The standard InChI is InChI=1S/C19H20N6O/c26-18(15-4-1-2-5-16(15)25-13-20-12-22-25)24-9-3-7-19(11-24)8-6-14-10-21-23-17(14)19/h1-2,4-5,10,12-13H,3,6-9,11H2,(H,21,23). The minimum atomic E-state index is 0.0297. The fourth-order valence-corrected chi connectivity index (χ4v) is 4.53. The number of benzene rings is 1. The van der Waals surface area contributed by atoms with Crippen LogP contribution in [-0.4, -0.2) is 48.9 Å². The molecule has 132 valence electrons. The Morgan fingerprint density at radius 2 is 2.15 bits per heavy atom. The van der Waals surface area contributed by atoms with E-state index < -0.39 is 0 Å². The predicted octanol–water partition coefficient (Wildman–Crippen LogP) is 2.11. The number of nitrogens with zero attached hydrogens (tertiary/aromatic N) is 5. The van der Waals surface area contributed by atoms with Crippen molar-refractivity contribution in [2.45, 2.75) is 31.1 Å². The number of para-hydroxylation sites is 1. The molecule has 0 radical (unpaired) electrons. The second-order valence-electron chi connectivity index (χ2n) is 7.24. The smallest absolute Gasteiger partial charge is 0.256 e. The summed E-state index contributed by atoms with van der Waals surface area (Å²) in [4.78, 5) is 19.3. The van der Waals surface area contributed by atoms with Crippen molar-refractivity contribution in [3.8, 4) is 5.69 Å². The number of nitrogens with one attached hydrogen (secondary N) is 1. The number of rotatable bonds is 2. The number of aryl methyl sites for hydroxylation is 1. The van der Waals surface area contributed by atoms with E-state index in [9.17, 15) is 4.79 Å². The van der Waals surface area contributed by atoms with Crippen LogP contribution in [0.15, 0.2) is 43.1 Å². The van der Waals surface area contributed by atoms with Crippen molar-refractivity contribution < 1.29 is 4.79 Å². The molecule has 1 spiro atoms. The lowest BCUT2D eigenvalue weighted by Gasteiger charge is -2.40. The van der Waals surface area contributed by atoms with Gasteiger partial charge in [-0.25, -0.2) is 9.67 Å². The number of piperidine rings is 1. The first-order valence-corrected chi connectivity index (χ1v) is 9.03. The number of aromatic nitrogens is 5. The molecule has 1 atom stereocenters. The number of likely N-dealkylation sites (tertiary alicyclic amines) is 1. The third-order valence-corrected chi connectivity index (χ3v) is 5.79. The molecule has 1 aliphatic heterocycles. The molecule has 7 nitrogen and oxygen atoms in total. The molecule has 1 N–H and O–H groups in total. The highest BCUT2D eigenvalue weighted by Gasteiger charge is 2.44. The molecule has 3 heterocycles. The topological polar surface area (TPSA) is 79.7 Å². The van der Waals surface area contributed by atoms with E-state index in [-0.39, 0.29) is 11.3 Å². The zero-order valence-corrected chi connectivity index (χ0v) is 14.4. The molecule has 1 amide bonds. The van der Waals surface area contributed by atoms with Crippen molar-refractivity contribution in [1.29, 1.82) is 0 Å². The van der Waals surface area contributed by atoms with Crippen LogP contribution >= 0.6 is 0 Å². The van der Waals surface area contributed by atoms with Crippen LogP contribution in [0.1, 0.15) is 40.9 Å². The average molecular weight is 348 g/mol. The van der Waals surface area contributed by atoms with E-state index in [1.54, 1.807) is 11.0 Å². The Kier molecular flexibility index (Phi) is 3.41. The number of hydrogen-bond acceptors (Lipinski definition) is 4. The third-order valence-electron chi connectivity index (χ3n) is 5.79. The van der Waals surface area contributed by atoms with Gasteiger partial charge in [-0.1, -0.05) is 12.1 Å². The summed E-state index contributed by atoms with van der Waals surface area (Å²) in [5.41, 5.74) is 4.00. The Morgan fingerprint density at radius 3 is 3.04 bits per heavy atom. The van der Waals surface area contributed by atoms with E-state index in [0.717, 1.165) is 44.5 Å². The molecular formula is C19H20N6O. The number of H-pyrrole nitrogens is 1. The zero-order valence-electron chi connectivity index (χ0n) is 14.4. The number of aromatic amines is 1. The number of hydrogen-bond donors (Lipinski definition) is 1. The van der Waals surface area contributed by atoms with Crippen LogP contribution in [0.2, 0.25) is 0 Å². The Hall–Kier alpha value is -2.96. The second kappa shape index (κ2) is 5.79. The zero-order chi connectivity index (χ0) is 17.6. The molecule has 26 heavy (non-hydrogen) atoms. The SMILES string of the molecule is O=C(c1ccccc1-n1cncn1)N1CCCC2(CCc3cn[nH]c32)C1. The first-order valence-electron chi connectivity index (χ1n) is 9.03. The third kappa shape index (κ3) is 2.27. The molecule has 1 unspecified atom stereocenters. The van der Waals surface area contributed by atoms with Crippen LogP contribution < -0.4 is 0 Å². The van der Waals surface area contributed by atoms with Crippen LogP contribution in [0.5, 0.6) is 0 Å². The van der Waals surface area contributed by atoms with Crippen LogP contribution in [0, 0.1) is 0 Å². The second-order valence-corrected chi connectivity index (χ2v) is 7.24. The van der Waals surface area contributed by atoms with Gasteiger partial charge in [0.1, 0.15) is 12.7 Å². The summed E-state index contributed by atoms with van der Waals surface area (Å²) in [7, 11) is 0. The van der Waals surface area contributed by atoms with Crippen LogP contribution in [0.4, 0.5) is 0 Å². The maximum atomic E-state index is 13.3. The van der Waals surface area contributed by atoms with E-state index in [0.29, 0.717) is 5.56 Å². The molecule has 2 aromatic heterocycles. The maximum absolute atomic E-state index is 13.3. The van der Waals surface area contributed by atoms with Crippen LogP contribution in [0.3, 0.4) is 0 Å². The number of amides is 1. The molecule has 0 bridgehead atoms. The molecule has 0 saturated carbocycles. The van der Waals surface area contributed by atoms with Crippen LogP contribution in [-0.2, 0) is 11.8 Å². The summed E-state index contributed by atoms with van der Waals surface area (Å²) >= 11 is 0. The molecular weight excluding hydrogens is 328 g/mol. The highest BCUT2D eigenvalue weighted by molar-refractivity contribution is 5.97.